The summed E-state index contributed by atoms with van der Waals surface area (Å²) in [5.74, 6) is 1.08. The maximum absolute atomic E-state index is 12.5. The van der Waals surface area contributed by atoms with E-state index in [2.05, 4.69) is 59.3 Å². The van der Waals surface area contributed by atoms with Crippen LogP contribution < -0.4 is 10.2 Å². The van der Waals surface area contributed by atoms with E-state index in [-0.39, 0.29) is 11.9 Å². The Kier molecular flexibility index (Phi) is 5.58. The number of amides is 1. The molecule has 7 heteroatoms. The van der Waals surface area contributed by atoms with Gasteiger partial charge in [-0.1, -0.05) is 25.9 Å². The molecule has 1 aliphatic heterocycles. The third-order valence-corrected chi connectivity index (χ3v) is 6.90. The van der Waals surface area contributed by atoms with Crippen molar-refractivity contribution < 1.29 is 9.32 Å². The van der Waals surface area contributed by atoms with Crippen LogP contribution >= 0.6 is 11.3 Å². The number of rotatable bonds is 5. The summed E-state index contributed by atoms with van der Waals surface area (Å²) in [6.07, 6.45) is 4.06. The molecule has 1 atom stereocenters. The Hall–Kier alpha value is -2.41. The van der Waals surface area contributed by atoms with Crippen molar-refractivity contribution in [1.82, 2.24) is 15.5 Å². The molecule has 1 aliphatic rings. The first-order valence-corrected chi connectivity index (χ1v) is 11.2. The van der Waals surface area contributed by atoms with Crippen molar-refractivity contribution in [1.29, 1.82) is 0 Å². The molecule has 4 rings (SSSR count). The van der Waals surface area contributed by atoms with Crippen molar-refractivity contribution >= 4 is 33.9 Å². The second-order valence-corrected chi connectivity index (χ2v) is 9.45. The fraction of sp³-hybridized carbons (Fsp3) is 0.500. The molecule has 0 bridgehead atoms. The third kappa shape index (κ3) is 4.15. The monoisotopic (exact) mass is 412 g/mol. The number of thiazole rings is 1. The summed E-state index contributed by atoms with van der Waals surface area (Å²) in [5, 5.41) is 8.90. The van der Waals surface area contributed by atoms with Crippen molar-refractivity contribution in [3.63, 3.8) is 0 Å². The first-order valence-electron chi connectivity index (χ1n) is 10.3. The Labute approximate surface area is 175 Å². The van der Waals surface area contributed by atoms with Gasteiger partial charge in [0.25, 0.3) is 5.91 Å². The van der Waals surface area contributed by atoms with Crippen molar-refractivity contribution in [2.75, 3.05) is 18.0 Å². The van der Waals surface area contributed by atoms with Crippen molar-refractivity contribution in [3.05, 3.63) is 29.3 Å². The molecule has 1 saturated heterocycles. The van der Waals surface area contributed by atoms with E-state index in [0.29, 0.717) is 21.5 Å². The van der Waals surface area contributed by atoms with Gasteiger partial charge in [-0.15, -0.1) is 11.3 Å². The minimum atomic E-state index is -0.0932. The zero-order chi connectivity index (χ0) is 20.5. The standard InChI is InChI=1S/C22H28N4O2S/c1-13(2)15(4)24-21(27)19-12-23-22(29-19)20-17-6-5-16(11-18(17)28-25-20)26-9-7-14(3)8-10-26/h5-6,11-15H,7-10H2,1-4H3,(H,24,27). The van der Waals surface area contributed by atoms with Crippen LogP contribution in [-0.2, 0) is 0 Å². The summed E-state index contributed by atoms with van der Waals surface area (Å²) < 4.78 is 5.61. The lowest BCUT2D eigenvalue weighted by atomic mass is 9.99. The van der Waals surface area contributed by atoms with Gasteiger partial charge in [-0.05, 0) is 43.7 Å². The molecule has 0 spiro atoms. The fourth-order valence-corrected chi connectivity index (χ4v) is 4.29. The maximum Gasteiger partial charge on any atom is 0.263 e. The molecule has 1 aromatic carbocycles. The smallest absolute Gasteiger partial charge is 0.263 e. The summed E-state index contributed by atoms with van der Waals surface area (Å²) in [6, 6.07) is 6.35. The van der Waals surface area contributed by atoms with E-state index in [0.717, 1.165) is 30.0 Å². The van der Waals surface area contributed by atoms with Crippen molar-refractivity contribution in [2.45, 2.75) is 46.6 Å². The zero-order valence-corrected chi connectivity index (χ0v) is 18.3. The number of aromatic nitrogens is 2. The SMILES string of the molecule is CC1CCN(c2ccc3c(-c4ncc(C(=O)NC(C)C(C)C)s4)noc3c2)CC1. The van der Waals surface area contributed by atoms with Crippen LogP contribution in [0, 0.1) is 11.8 Å². The Morgan fingerprint density at radius 3 is 2.76 bits per heavy atom. The van der Waals surface area contributed by atoms with Gasteiger partial charge in [-0.25, -0.2) is 4.98 Å². The molecule has 29 heavy (non-hydrogen) atoms. The highest BCUT2D eigenvalue weighted by Gasteiger charge is 2.21. The van der Waals surface area contributed by atoms with Crippen LogP contribution in [0.4, 0.5) is 5.69 Å². The molecule has 154 valence electrons. The van der Waals surface area contributed by atoms with Crippen LogP contribution in [-0.4, -0.2) is 35.2 Å². The van der Waals surface area contributed by atoms with E-state index in [1.807, 2.05) is 6.92 Å². The van der Waals surface area contributed by atoms with Gasteiger partial charge >= 0.3 is 0 Å². The Morgan fingerprint density at radius 2 is 2.03 bits per heavy atom. The number of hydrogen-bond acceptors (Lipinski definition) is 6. The molecule has 3 aromatic rings. The topological polar surface area (TPSA) is 71.3 Å². The van der Waals surface area contributed by atoms with E-state index in [1.165, 1.54) is 29.9 Å². The highest BCUT2D eigenvalue weighted by atomic mass is 32.1. The molecule has 0 saturated carbocycles. The lowest BCUT2D eigenvalue weighted by Gasteiger charge is -2.32. The number of anilines is 1. The number of fused-ring (bicyclic) bond motifs is 1. The average Bonchev–Trinajstić information content (AvgIpc) is 3.34. The molecule has 0 aliphatic carbocycles. The largest absolute Gasteiger partial charge is 0.371 e. The number of nitrogens with zero attached hydrogens (tertiary/aromatic N) is 3. The first kappa shape index (κ1) is 19.9. The molecule has 1 amide bonds. The number of carbonyl (C=O) groups excluding carboxylic acids is 1. The van der Waals surface area contributed by atoms with Gasteiger partial charge in [-0.2, -0.15) is 0 Å². The van der Waals surface area contributed by atoms with Gasteiger partial charge < -0.3 is 14.7 Å². The molecular formula is C22H28N4O2S. The summed E-state index contributed by atoms with van der Waals surface area (Å²) in [5.41, 5.74) is 2.62. The minimum Gasteiger partial charge on any atom is -0.371 e. The molecule has 1 unspecified atom stereocenters. The van der Waals surface area contributed by atoms with E-state index in [1.54, 1.807) is 6.20 Å². The highest BCUT2D eigenvalue weighted by Crippen LogP contribution is 2.34. The molecule has 0 radical (unpaired) electrons. The minimum absolute atomic E-state index is 0.0932. The van der Waals surface area contributed by atoms with Crippen LogP contribution in [0.25, 0.3) is 21.7 Å². The van der Waals surface area contributed by atoms with Crippen LogP contribution in [0.3, 0.4) is 0 Å². The van der Waals surface area contributed by atoms with Gasteiger partial charge in [0.1, 0.15) is 15.6 Å². The molecular weight excluding hydrogens is 384 g/mol. The Bertz CT molecular complexity index is 1000. The normalized spacial score (nSPS) is 16.5. The number of benzene rings is 1. The van der Waals surface area contributed by atoms with E-state index in [4.69, 9.17) is 4.52 Å². The quantitative estimate of drug-likeness (QED) is 0.641. The summed E-state index contributed by atoms with van der Waals surface area (Å²) in [7, 11) is 0. The fourth-order valence-electron chi connectivity index (χ4n) is 3.48. The lowest BCUT2D eigenvalue weighted by molar-refractivity contribution is 0.0934. The van der Waals surface area contributed by atoms with Gasteiger partial charge in [0, 0.05) is 30.9 Å². The van der Waals surface area contributed by atoms with Crippen LogP contribution in [0.1, 0.15) is 50.2 Å². The Balaban J connectivity index is 1.54. The van der Waals surface area contributed by atoms with Crippen LogP contribution in [0.2, 0.25) is 0 Å². The van der Waals surface area contributed by atoms with Gasteiger partial charge in [-0.3, -0.25) is 4.79 Å². The van der Waals surface area contributed by atoms with Crippen LogP contribution in [0.15, 0.2) is 28.9 Å². The average molecular weight is 413 g/mol. The molecule has 1 fully saturated rings. The third-order valence-electron chi connectivity index (χ3n) is 5.90. The van der Waals surface area contributed by atoms with Crippen LogP contribution in [0.5, 0.6) is 0 Å². The second kappa shape index (κ2) is 8.14. The molecule has 1 N–H and O–H groups in total. The second-order valence-electron chi connectivity index (χ2n) is 8.42. The first-order chi connectivity index (χ1) is 13.9. The van der Waals surface area contributed by atoms with Gasteiger partial charge in [0.2, 0.25) is 0 Å². The van der Waals surface area contributed by atoms with Crippen molar-refractivity contribution in [2.24, 2.45) is 11.8 Å². The van der Waals surface area contributed by atoms with Gasteiger partial charge in [0.05, 0.1) is 11.6 Å². The molecule has 6 nitrogen and oxygen atoms in total. The van der Waals surface area contributed by atoms with E-state index >= 15 is 0 Å². The summed E-state index contributed by atoms with van der Waals surface area (Å²) in [4.78, 5) is 19.9. The number of nitrogens with one attached hydrogen (secondary N) is 1. The number of hydrogen-bond donors (Lipinski definition) is 1. The number of piperidine rings is 1. The maximum atomic E-state index is 12.5. The predicted octanol–water partition coefficient (Wildman–Crippen LogP) is 4.96. The predicted molar refractivity (Wildman–Crippen MR) is 117 cm³/mol. The summed E-state index contributed by atoms with van der Waals surface area (Å²) >= 11 is 1.34. The van der Waals surface area contributed by atoms with E-state index in [9.17, 15) is 4.79 Å². The Morgan fingerprint density at radius 1 is 1.28 bits per heavy atom. The van der Waals surface area contributed by atoms with Gasteiger partial charge in [0.15, 0.2) is 5.58 Å². The van der Waals surface area contributed by atoms with E-state index < -0.39 is 0 Å². The summed E-state index contributed by atoms with van der Waals surface area (Å²) in [6.45, 7) is 10.7. The molecule has 2 aromatic heterocycles. The van der Waals surface area contributed by atoms with Crippen molar-refractivity contribution in [3.8, 4) is 10.7 Å². The zero-order valence-electron chi connectivity index (χ0n) is 17.4. The number of carbonyl (C=O) groups is 1. The highest BCUT2D eigenvalue weighted by molar-refractivity contribution is 7.17. The molecule has 3 heterocycles. The lowest BCUT2D eigenvalue weighted by Crippen LogP contribution is -2.35.